The van der Waals surface area contributed by atoms with Gasteiger partial charge in [-0.05, 0) is 18.4 Å². The van der Waals surface area contributed by atoms with Crippen molar-refractivity contribution >= 4 is 33.7 Å². The molecule has 0 spiro atoms. The average molecular weight is 389 g/mol. The highest BCUT2D eigenvalue weighted by Gasteiger charge is 2.28. The van der Waals surface area contributed by atoms with Gasteiger partial charge in [0.1, 0.15) is 16.6 Å². The number of rotatable bonds is 7. The topological polar surface area (TPSA) is 120 Å². The Kier molecular flexibility index (Phi) is 6.53. The number of nitrogens with zero attached hydrogens (tertiary/aromatic N) is 1. The van der Waals surface area contributed by atoms with Gasteiger partial charge in [-0.25, -0.2) is 13.2 Å². The number of hydrogen-bond donors (Lipinski definition) is 3. The maximum absolute atomic E-state index is 12.6. The maximum atomic E-state index is 12.6. The van der Waals surface area contributed by atoms with Crippen molar-refractivity contribution < 1.29 is 23.1 Å². The molecular formula is C15H23N3O5S2. The van der Waals surface area contributed by atoms with E-state index < -0.39 is 27.9 Å². The zero-order chi connectivity index (χ0) is 18.6. The predicted octanol–water partition coefficient (Wildman–Crippen LogP) is 0.981. The summed E-state index contributed by atoms with van der Waals surface area (Å²) in [7, 11) is -3.65. The Bertz CT molecular complexity index is 723. The van der Waals surface area contributed by atoms with Crippen LogP contribution in [0.25, 0.3) is 0 Å². The van der Waals surface area contributed by atoms with Crippen molar-refractivity contribution in [2.75, 3.05) is 24.6 Å². The molecule has 2 heterocycles. The van der Waals surface area contributed by atoms with E-state index in [-0.39, 0.29) is 16.5 Å². The minimum atomic E-state index is -3.65. The van der Waals surface area contributed by atoms with Crippen molar-refractivity contribution in [2.24, 2.45) is 5.92 Å². The molecule has 1 amide bonds. The number of aromatic amines is 1. The number of aliphatic carboxylic acids is 1. The summed E-state index contributed by atoms with van der Waals surface area (Å²) in [6.07, 6.45) is 1.56. The van der Waals surface area contributed by atoms with Gasteiger partial charge in [0.2, 0.25) is 10.0 Å². The Morgan fingerprint density at radius 2 is 2.00 bits per heavy atom. The van der Waals surface area contributed by atoms with Crippen LogP contribution in [0.3, 0.4) is 0 Å². The Hall–Kier alpha value is -1.52. The quantitative estimate of drug-likeness (QED) is 0.639. The van der Waals surface area contributed by atoms with Crippen LogP contribution in [0.4, 0.5) is 0 Å². The van der Waals surface area contributed by atoms with Crippen molar-refractivity contribution in [3.63, 3.8) is 0 Å². The first-order valence-corrected chi connectivity index (χ1v) is 10.6. The number of H-pyrrole nitrogens is 1. The third-order valence-corrected chi connectivity index (χ3v) is 6.64. The van der Waals surface area contributed by atoms with E-state index in [1.54, 1.807) is 11.8 Å². The second kappa shape index (κ2) is 8.24. The number of aromatic nitrogens is 1. The summed E-state index contributed by atoms with van der Waals surface area (Å²) in [5.41, 5.74) is 0.0277. The molecule has 2 rings (SSSR count). The Balaban J connectivity index is 2.11. The number of carboxylic acids is 1. The molecule has 0 saturated carbocycles. The molecule has 1 aliphatic rings. The fraction of sp³-hybridized carbons (Fsp3) is 0.600. The number of carboxylic acid groups (broad SMARTS) is 1. The van der Waals surface area contributed by atoms with E-state index >= 15 is 0 Å². The Morgan fingerprint density at radius 1 is 1.36 bits per heavy atom. The third kappa shape index (κ3) is 4.99. The molecule has 1 atom stereocenters. The van der Waals surface area contributed by atoms with Gasteiger partial charge in [0, 0.05) is 30.8 Å². The van der Waals surface area contributed by atoms with Gasteiger partial charge in [-0.1, -0.05) is 13.8 Å². The number of thioether (sulfide) groups is 1. The minimum Gasteiger partial charge on any atom is -0.480 e. The van der Waals surface area contributed by atoms with Gasteiger partial charge in [0.05, 0.1) is 0 Å². The van der Waals surface area contributed by atoms with Crippen LogP contribution in [0, 0.1) is 5.92 Å². The normalized spacial score (nSPS) is 17.4. The largest absolute Gasteiger partial charge is 0.480 e. The molecule has 10 heteroatoms. The van der Waals surface area contributed by atoms with E-state index in [9.17, 15) is 23.1 Å². The van der Waals surface area contributed by atoms with Crippen molar-refractivity contribution in [3.8, 4) is 0 Å². The first kappa shape index (κ1) is 19.8. The van der Waals surface area contributed by atoms with E-state index in [0.717, 1.165) is 11.5 Å². The molecule has 1 saturated heterocycles. The van der Waals surface area contributed by atoms with Crippen LogP contribution in [0.1, 0.15) is 30.8 Å². The average Bonchev–Trinajstić information content (AvgIpc) is 3.05. The van der Waals surface area contributed by atoms with Gasteiger partial charge in [-0.2, -0.15) is 16.1 Å². The molecule has 8 nitrogen and oxygen atoms in total. The number of carbonyl (C=O) groups excluding carboxylic acids is 1. The summed E-state index contributed by atoms with van der Waals surface area (Å²) >= 11 is 1.70. The molecule has 3 N–H and O–H groups in total. The molecular weight excluding hydrogens is 366 g/mol. The van der Waals surface area contributed by atoms with Gasteiger partial charge in [-0.15, -0.1) is 0 Å². The summed E-state index contributed by atoms with van der Waals surface area (Å²) in [6, 6.07) is 0.232. The zero-order valence-electron chi connectivity index (χ0n) is 14.2. The van der Waals surface area contributed by atoms with E-state index in [0.29, 0.717) is 19.5 Å². The van der Waals surface area contributed by atoms with Crippen LogP contribution in [0.15, 0.2) is 17.2 Å². The Labute approximate surface area is 151 Å². The number of hydrogen-bond acceptors (Lipinski definition) is 5. The highest BCUT2D eigenvalue weighted by molar-refractivity contribution is 7.99. The molecule has 1 fully saturated rings. The zero-order valence-corrected chi connectivity index (χ0v) is 15.8. The molecule has 0 radical (unpaired) electrons. The van der Waals surface area contributed by atoms with Crippen molar-refractivity contribution in [1.82, 2.24) is 14.6 Å². The lowest BCUT2D eigenvalue weighted by Gasteiger charge is -2.24. The molecule has 25 heavy (non-hydrogen) atoms. The fourth-order valence-corrected chi connectivity index (χ4v) is 5.09. The second-order valence-electron chi connectivity index (χ2n) is 6.26. The van der Waals surface area contributed by atoms with Crippen LogP contribution in [-0.2, 0) is 14.8 Å². The van der Waals surface area contributed by atoms with Gasteiger partial charge in [0.15, 0.2) is 0 Å². The standard InChI is InChI=1S/C15H23N3O5S2/c1-10(2)7-13(15(20)21)17-14(19)12-8-11(9-16-12)25(22,23)18-3-5-24-6-4-18/h8-10,13,16H,3-7H2,1-2H3,(H,17,19)(H,20,21)/t13-/m1/s1. The monoisotopic (exact) mass is 389 g/mol. The van der Waals surface area contributed by atoms with Crippen LogP contribution in [-0.4, -0.2) is 65.3 Å². The first-order chi connectivity index (χ1) is 11.7. The number of nitrogens with one attached hydrogen (secondary N) is 2. The minimum absolute atomic E-state index is 0.0142. The van der Waals surface area contributed by atoms with Gasteiger partial charge < -0.3 is 15.4 Å². The van der Waals surface area contributed by atoms with E-state index in [2.05, 4.69) is 10.3 Å². The highest BCUT2D eigenvalue weighted by Crippen LogP contribution is 2.21. The van der Waals surface area contributed by atoms with Gasteiger partial charge >= 0.3 is 5.97 Å². The third-order valence-electron chi connectivity index (χ3n) is 3.82. The number of sulfonamides is 1. The van der Waals surface area contributed by atoms with E-state index in [1.807, 2.05) is 13.8 Å². The van der Waals surface area contributed by atoms with Gasteiger partial charge in [-0.3, -0.25) is 4.79 Å². The Morgan fingerprint density at radius 3 is 2.56 bits per heavy atom. The van der Waals surface area contributed by atoms with Crippen LogP contribution in [0.5, 0.6) is 0 Å². The van der Waals surface area contributed by atoms with Crippen LogP contribution < -0.4 is 5.32 Å². The summed E-state index contributed by atoms with van der Waals surface area (Å²) in [5.74, 6) is -0.173. The predicted molar refractivity (Wildman–Crippen MR) is 95.2 cm³/mol. The fourth-order valence-electron chi connectivity index (χ4n) is 2.52. The van der Waals surface area contributed by atoms with E-state index in [4.69, 9.17) is 0 Å². The lowest BCUT2D eigenvalue weighted by atomic mass is 10.0. The summed E-state index contributed by atoms with van der Waals surface area (Å²) in [6.45, 7) is 4.60. The lowest BCUT2D eigenvalue weighted by molar-refractivity contribution is -0.139. The molecule has 1 aromatic heterocycles. The van der Waals surface area contributed by atoms with Crippen LogP contribution >= 0.6 is 11.8 Å². The highest BCUT2D eigenvalue weighted by atomic mass is 32.2. The summed E-state index contributed by atoms with van der Waals surface area (Å²) in [5, 5.41) is 11.6. The van der Waals surface area contributed by atoms with Crippen LogP contribution in [0.2, 0.25) is 0 Å². The second-order valence-corrected chi connectivity index (χ2v) is 9.42. The summed E-state index contributed by atoms with van der Waals surface area (Å²) in [4.78, 5) is 26.1. The molecule has 0 aliphatic carbocycles. The molecule has 1 aromatic rings. The maximum Gasteiger partial charge on any atom is 0.326 e. The number of amides is 1. The smallest absolute Gasteiger partial charge is 0.326 e. The number of carbonyl (C=O) groups is 2. The molecule has 1 aliphatic heterocycles. The van der Waals surface area contributed by atoms with Crippen molar-refractivity contribution in [2.45, 2.75) is 31.2 Å². The lowest BCUT2D eigenvalue weighted by Crippen LogP contribution is -2.41. The van der Waals surface area contributed by atoms with Crippen molar-refractivity contribution in [1.29, 1.82) is 0 Å². The van der Waals surface area contributed by atoms with Gasteiger partial charge in [0.25, 0.3) is 5.91 Å². The molecule has 0 unspecified atom stereocenters. The van der Waals surface area contributed by atoms with E-state index in [1.165, 1.54) is 16.6 Å². The van der Waals surface area contributed by atoms with Crippen molar-refractivity contribution in [3.05, 3.63) is 18.0 Å². The first-order valence-electron chi connectivity index (χ1n) is 8.01. The summed E-state index contributed by atoms with van der Waals surface area (Å²) < 4.78 is 26.5. The SMILES string of the molecule is CC(C)C[C@@H](NC(=O)c1cc(S(=O)(=O)N2CCSCC2)c[nH]1)C(=O)O. The molecule has 0 bridgehead atoms. The molecule has 140 valence electrons. The molecule has 0 aromatic carbocycles.